The van der Waals surface area contributed by atoms with Crippen molar-refractivity contribution < 1.29 is 4.79 Å². The maximum atomic E-state index is 11.7. The minimum Gasteiger partial charge on any atom is -0.367 e. The highest BCUT2D eigenvalue weighted by atomic mass is 16.1. The number of carbonyl (C=O) groups is 1. The van der Waals surface area contributed by atoms with Crippen LogP contribution in [0.25, 0.3) is 0 Å². The second-order valence-corrected chi connectivity index (χ2v) is 5.04. The van der Waals surface area contributed by atoms with Crippen molar-refractivity contribution in [1.82, 2.24) is 10.3 Å². The molecule has 0 spiro atoms. The summed E-state index contributed by atoms with van der Waals surface area (Å²) in [4.78, 5) is 14.6. The van der Waals surface area contributed by atoms with E-state index >= 15 is 0 Å². The smallest absolute Gasteiger partial charge is 0.220 e. The number of aromatic amines is 1. The zero-order valence-corrected chi connectivity index (χ0v) is 10.4. The van der Waals surface area contributed by atoms with Gasteiger partial charge >= 0.3 is 0 Å². The highest BCUT2D eigenvalue weighted by Gasteiger charge is 2.14. The van der Waals surface area contributed by atoms with E-state index in [-0.39, 0.29) is 5.91 Å². The molecule has 94 valence electrons. The summed E-state index contributed by atoms with van der Waals surface area (Å²) in [6, 6.07) is 1.99. The molecule has 2 N–H and O–H groups in total. The molecule has 1 amide bonds. The Morgan fingerprint density at radius 3 is 2.88 bits per heavy atom. The summed E-state index contributed by atoms with van der Waals surface area (Å²) in [7, 11) is 0. The molecule has 1 aromatic heterocycles. The molecular weight excluding hydrogens is 212 g/mol. The monoisotopic (exact) mass is 234 g/mol. The molecule has 0 aromatic carbocycles. The third-order valence-corrected chi connectivity index (χ3v) is 3.66. The summed E-state index contributed by atoms with van der Waals surface area (Å²) in [5, 5.41) is 2.97. The number of carbonyl (C=O) groups excluding carboxylic acids is 1. The highest BCUT2D eigenvalue weighted by molar-refractivity contribution is 5.75. The molecule has 0 unspecified atom stereocenters. The van der Waals surface area contributed by atoms with Crippen LogP contribution in [0, 0.1) is 5.92 Å². The molecule has 1 fully saturated rings. The van der Waals surface area contributed by atoms with E-state index in [2.05, 4.69) is 10.3 Å². The fourth-order valence-electron chi connectivity index (χ4n) is 2.57. The Labute approximate surface area is 103 Å². The number of amides is 1. The number of H-pyrrole nitrogens is 1. The van der Waals surface area contributed by atoms with Gasteiger partial charge in [-0.3, -0.25) is 4.79 Å². The Balaban J connectivity index is 1.60. The molecule has 3 nitrogen and oxygen atoms in total. The number of hydrogen-bond donors (Lipinski definition) is 2. The lowest BCUT2D eigenvalue weighted by Gasteiger charge is -2.20. The Morgan fingerprint density at radius 2 is 2.18 bits per heavy atom. The van der Waals surface area contributed by atoms with E-state index in [9.17, 15) is 4.79 Å². The SMILES string of the molecule is O=C(CCC1CCCCC1)NCc1cc[nH]c1. The largest absolute Gasteiger partial charge is 0.367 e. The second kappa shape index (κ2) is 6.48. The summed E-state index contributed by atoms with van der Waals surface area (Å²) >= 11 is 0. The zero-order chi connectivity index (χ0) is 11.9. The lowest BCUT2D eigenvalue weighted by molar-refractivity contribution is -0.121. The van der Waals surface area contributed by atoms with Crippen LogP contribution in [0.1, 0.15) is 50.5 Å². The molecule has 3 heteroatoms. The first-order valence-electron chi connectivity index (χ1n) is 6.73. The fraction of sp³-hybridized carbons (Fsp3) is 0.643. The molecular formula is C14H22N2O. The quantitative estimate of drug-likeness (QED) is 0.808. The average molecular weight is 234 g/mol. The molecule has 17 heavy (non-hydrogen) atoms. The van der Waals surface area contributed by atoms with Crippen LogP contribution in [0.15, 0.2) is 18.5 Å². The Hall–Kier alpha value is -1.25. The van der Waals surface area contributed by atoms with E-state index in [0.717, 1.165) is 17.9 Å². The van der Waals surface area contributed by atoms with E-state index in [1.165, 1.54) is 32.1 Å². The van der Waals surface area contributed by atoms with Crippen molar-refractivity contribution >= 4 is 5.91 Å². The molecule has 1 aliphatic carbocycles. The third kappa shape index (κ3) is 4.25. The number of hydrogen-bond acceptors (Lipinski definition) is 1. The van der Waals surface area contributed by atoms with E-state index in [0.29, 0.717) is 13.0 Å². The van der Waals surface area contributed by atoms with Crippen molar-refractivity contribution in [2.24, 2.45) is 5.92 Å². The van der Waals surface area contributed by atoms with Crippen LogP contribution in [-0.4, -0.2) is 10.9 Å². The summed E-state index contributed by atoms with van der Waals surface area (Å²) in [6.07, 6.45) is 12.3. The van der Waals surface area contributed by atoms with Crippen molar-refractivity contribution in [2.45, 2.75) is 51.5 Å². The van der Waals surface area contributed by atoms with Gasteiger partial charge in [0.05, 0.1) is 0 Å². The van der Waals surface area contributed by atoms with Crippen molar-refractivity contribution in [3.8, 4) is 0 Å². The predicted octanol–water partition coefficient (Wildman–Crippen LogP) is 2.99. The van der Waals surface area contributed by atoms with Crippen LogP contribution in [-0.2, 0) is 11.3 Å². The summed E-state index contributed by atoms with van der Waals surface area (Å²) < 4.78 is 0. The zero-order valence-electron chi connectivity index (χ0n) is 10.4. The minimum atomic E-state index is 0.191. The van der Waals surface area contributed by atoms with Crippen LogP contribution < -0.4 is 5.32 Å². The second-order valence-electron chi connectivity index (χ2n) is 5.04. The topological polar surface area (TPSA) is 44.9 Å². The standard InChI is InChI=1S/C14H22N2O/c17-14(16-11-13-8-9-15-10-13)7-6-12-4-2-1-3-5-12/h8-10,12,15H,1-7,11H2,(H,16,17). The normalized spacial score (nSPS) is 16.9. The number of rotatable bonds is 5. The first kappa shape index (κ1) is 12.2. The number of aromatic nitrogens is 1. The maximum absolute atomic E-state index is 11.7. The first-order valence-corrected chi connectivity index (χ1v) is 6.73. The van der Waals surface area contributed by atoms with Crippen LogP contribution in [0.3, 0.4) is 0 Å². The van der Waals surface area contributed by atoms with Gasteiger partial charge in [-0.05, 0) is 24.0 Å². The van der Waals surface area contributed by atoms with E-state index in [4.69, 9.17) is 0 Å². The van der Waals surface area contributed by atoms with Crippen LogP contribution in [0.2, 0.25) is 0 Å². The minimum absolute atomic E-state index is 0.191. The Morgan fingerprint density at radius 1 is 1.35 bits per heavy atom. The van der Waals surface area contributed by atoms with Gasteiger partial charge in [0.1, 0.15) is 0 Å². The van der Waals surface area contributed by atoms with Gasteiger partial charge in [0.15, 0.2) is 0 Å². The van der Waals surface area contributed by atoms with Gasteiger partial charge in [-0.25, -0.2) is 0 Å². The highest BCUT2D eigenvalue weighted by Crippen LogP contribution is 2.27. The van der Waals surface area contributed by atoms with Crippen molar-refractivity contribution in [2.75, 3.05) is 0 Å². The van der Waals surface area contributed by atoms with Gasteiger partial charge < -0.3 is 10.3 Å². The van der Waals surface area contributed by atoms with Gasteiger partial charge in [-0.15, -0.1) is 0 Å². The molecule has 0 radical (unpaired) electrons. The molecule has 1 saturated carbocycles. The van der Waals surface area contributed by atoms with Crippen LogP contribution >= 0.6 is 0 Å². The molecule has 0 bridgehead atoms. The van der Waals surface area contributed by atoms with Gasteiger partial charge in [0.25, 0.3) is 0 Å². The van der Waals surface area contributed by atoms with Crippen molar-refractivity contribution in [3.05, 3.63) is 24.0 Å². The molecule has 2 rings (SSSR count). The summed E-state index contributed by atoms with van der Waals surface area (Å²) in [6.45, 7) is 0.646. The molecule has 1 aromatic rings. The third-order valence-electron chi connectivity index (χ3n) is 3.66. The van der Waals surface area contributed by atoms with Gasteiger partial charge in [-0.2, -0.15) is 0 Å². The molecule has 0 saturated heterocycles. The van der Waals surface area contributed by atoms with Crippen LogP contribution in [0.5, 0.6) is 0 Å². The Bertz CT molecular complexity index is 326. The molecule has 1 heterocycles. The lowest BCUT2D eigenvalue weighted by atomic mass is 9.86. The summed E-state index contributed by atoms with van der Waals surface area (Å²) in [5.74, 6) is 0.985. The Kier molecular flexibility index (Phi) is 4.65. The molecule has 0 atom stereocenters. The van der Waals surface area contributed by atoms with Crippen molar-refractivity contribution in [3.63, 3.8) is 0 Å². The van der Waals surface area contributed by atoms with Crippen molar-refractivity contribution in [1.29, 1.82) is 0 Å². The number of nitrogens with one attached hydrogen (secondary N) is 2. The fourth-order valence-corrected chi connectivity index (χ4v) is 2.57. The lowest BCUT2D eigenvalue weighted by Crippen LogP contribution is -2.23. The van der Waals surface area contributed by atoms with Gasteiger partial charge in [0.2, 0.25) is 5.91 Å². The maximum Gasteiger partial charge on any atom is 0.220 e. The predicted molar refractivity (Wildman–Crippen MR) is 68.4 cm³/mol. The first-order chi connectivity index (χ1) is 8.34. The summed E-state index contributed by atoms with van der Waals surface area (Å²) in [5.41, 5.74) is 1.14. The van der Waals surface area contributed by atoms with Gasteiger partial charge in [-0.1, -0.05) is 32.1 Å². The van der Waals surface area contributed by atoms with Crippen LogP contribution in [0.4, 0.5) is 0 Å². The van der Waals surface area contributed by atoms with E-state index in [1.807, 2.05) is 18.5 Å². The average Bonchev–Trinajstić information content (AvgIpc) is 2.88. The molecule has 1 aliphatic rings. The van der Waals surface area contributed by atoms with E-state index < -0.39 is 0 Å². The van der Waals surface area contributed by atoms with Gasteiger partial charge in [0, 0.05) is 25.4 Å². The van der Waals surface area contributed by atoms with E-state index in [1.54, 1.807) is 0 Å². The molecule has 0 aliphatic heterocycles.